The van der Waals surface area contributed by atoms with Crippen LogP contribution < -0.4 is 10.1 Å². The zero-order valence-corrected chi connectivity index (χ0v) is 19.7. The Hall–Kier alpha value is -2.88. The van der Waals surface area contributed by atoms with Gasteiger partial charge in [-0.2, -0.15) is 0 Å². The maximum absolute atomic E-state index is 12.4. The van der Waals surface area contributed by atoms with Crippen molar-refractivity contribution in [2.75, 3.05) is 11.1 Å². The van der Waals surface area contributed by atoms with Gasteiger partial charge in [0.25, 0.3) is 0 Å². The number of anilines is 1. The molecule has 0 unspecified atom stereocenters. The zero-order chi connectivity index (χ0) is 22.5. The molecule has 4 aromatic rings. The second-order valence-corrected chi connectivity index (χ2v) is 9.04. The first-order valence-electron chi connectivity index (χ1n) is 9.75. The number of halogens is 1. The molecular weight excluding hydrogens is 466 g/mol. The van der Waals surface area contributed by atoms with Crippen molar-refractivity contribution < 1.29 is 9.53 Å². The van der Waals surface area contributed by atoms with E-state index in [4.69, 9.17) is 16.3 Å². The molecule has 2 aromatic heterocycles. The van der Waals surface area contributed by atoms with E-state index in [2.05, 4.69) is 20.5 Å². The minimum absolute atomic E-state index is 0.158. The summed E-state index contributed by atoms with van der Waals surface area (Å²) in [5.41, 5.74) is 1.85. The third-order valence-electron chi connectivity index (χ3n) is 4.53. The molecular formula is C22H20ClN5O2S2. The number of carbonyl (C=O) groups excluding carboxylic acids is 1. The predicted molar refractivity (Wildman–Crippen MR) is 128 cm³/mol. The van der Waals surface area contributed by atoms with Crippen molar-refractivity contribution in [1.82, 2.24) is 19.7 Å². The van der Waals surface area contributed by atoms with Gasteiger partial charge in [0.15, 0.2) is 22.2 Å². The fourth-order valence-corrected chi connectivity index (χ4v) is 4.58. The molecule has 0 aliphatic heterocycles. The Kier molecular flexibility index (Phi) is 7.09. The molecule has 0 bridgehead atoms. The topological polar surface area (TPSA) is 81.9 Å². The van der Waals surface area contributed by atoms with Crippen molar-refractivity contribution in [3.63, 3.8) is 0 Å². The van der Waals surface area contributed by atoms with E-state index >= 15 is 0 Å². The summed E-state index contributed by atoms with van der Waals surface area (Å²) >= 11 is 8.86. The Balaban J connectivity index is 1.33. The lowest BCUT2D eigenvalue weighted by atomic mass is 10.2. The van der Waals surface area contributed by atoms with Crippen molar-refractivity contribution in [1.29, 1.82) is 0 Å². The number of hydrogen-bond acceptors (Lipinski definition) is 7. The monoisotopic (exact) mass is 485 g/mol. The average molecular weight is 486 g/mol. The minimum atomic E-state index is -0.359. The van der Waals surface area contributed by atoms with Gasteiger partial charge in [0.2, 0.25) is 5.91 Å². The van der Waals surface area contributed by atoms with Gasteiger partial charge in [-0.15, -0.1) is 21.5 Å². The van der Waals surface area contributed by atoms with Crippen molar-refractivity contribution in [2.45, 2.75) is 18.2 Å². The summed E-state index contributed by atoms with van der Waals surface area (Å²) in [6.45, 7) is 1.88. The van der Waals surface area contributed by atoms with Crippen molar-refractivity contribution >= 4 is 45.7 Å². The Morgan fingerprint density at radius 1 is 1.19 bits per heavy atom. The fourth-order valence-electron chi connectivity index (χ4n) is 2.95. The third kappa shape index (κ3) is 5.29. The lowest BCUT2D eigenvalue weighted by Gasteiger charge is -2.15. The number of nitrogens with one attached hydrogen (secondary N) is 1. The first-order valence-corrected chi connectivity index (χ1v) is 12.0. The highest BCUT2D eigenvalue weighted by atomic mass is 35.5. The molecule has 1 N–H and O–H groups in total. The van der Waals surface area contributed by atoms with E-state index < -0.39 is 0 Å². The Morgan fingerprint density at radius 3 is 2.72 bits per heavy atom. The molecule has 1 amide bonds. The summed E-state index contributed by atoms with van der Waals surface area (Å²) in [7, 11) is 1.84. The normalized spacial score (nSPS) is 11.8. The van der Waals surface area contributed by atoms with Gasteiger partial charge in [-0.1, -0.05) is 65.8 Å². The smallest absolute Gasteiger partial charge is 0.236 e. The van der Waals surface area contributed by atoms with Gasteiger partial charge in [0.1, 0.15) is 5.75 Å². The van der Waals surface area contributed by atoms with Crippen LogP contribution in [-0.2, 0) is 11.8 Å². The predicted octanol–water partition coefficient (Wildman–Crippen LogP) is 5.46. The van der Waals surface area contributed by atoms with Crippen LogP contribution in [0.25, 0.3) is 11.3 Å². The molecule has 0 radical (unpaired) electrons. The number of thiazole rings is 1. The van der Waals surface area contributed by atoms with E-state index in [-0.39, 0.29) is 17.8 Å². The van der Waals surface area contributed by atoms with E-state index in [0.717, 1.165) is 11.3 Å². The second-order valence-electron chi connectivity index (χ2n) is 6.83. The Labute approximate surface area is 198 Å². The van der Waals surface area contributed by atoms with Crippen LogP contribution in [0.4, 0.5) is 5.13 Å². The molecule has 7 nitrogen and oxygen atoms in total. The molecule has 0 aliphatic carbocycles. The van der Waals surface area contributed by atoms with E-state index in [1.165, 1.54) is 23.1 Å². The van der Waals surface area contributed by atoms with Crippen molar-refractivity contribution in [2.24, 2.45) is 7.05 Å². The van der Waals surface area contributed by atoms with Crippen LogP contribution in [0.15, 0.2) is 65.1 Å². The third-order valence-corrected chi connectivity index (χ3v) is 6.62. The number of thioether (sulfide) groups is 1. The summed E-state index contributed by atoms with van der Waals surface area (Å²) in [6, 6.07) is 17.1. The highest BCUT2D eigenvalue weighted by molar-refractivity contribution is 7.99. The number of rotatable bonds is 8. The van der Waals surface area contributed by atoms with E-state index in [1.807, 2.05) is 66.4 Å². The van der Waals surface area contributed by atoms with Crippen LogP contribution in [0.1, 0.15) is 18.9 Å². The van der Waals surface area contributed by atoms with E-state index in [9.17, 15) is 4.79 Å². The number of carbonyl (C=O) groups is 1. The first-order chi connectivity index (χ1) is 15.5. The zero-order valence-electron chi connectivity index (χ0n) is 17.4. The van der Waals surface area contributed by atoms with Gasteiger partial charge in [0, 0.05) is 18.0 Å². The van der Waals surface area contributed by atoms with Gasteiger partial charge < -0.3 is 14.6 Å². The van der Waals surface area contributed by atoms with Gasteiger partial charge in [0.05, 0.1) is 16.5 Å². The highest BCUT2D eigenvalue weighted by Crippen LogP contribution is 2.29. The van der Waals surface area contributed by atoms with Crippen molar-refractivity contribution in [3.8, 4) is 17.0 Å². The second kappa shape index (κ2) is 10.2. The van der Waals surface area contributed by atoms with Crippen molar-refractivity contribution in [3.05, 3.63) is 70.8 Å². The van der Waals surface area contributed by atoms with Gasteiger partial charge in [-0.25, -0.2) is 4.98 Å². The fraction of sp³-hybridized carbons (Fsp3) is 0.182. The number of hydrogen-bond donors (Lipinski definition) is 1. The SMILES string of the molecule is C[C@@H](Oc1ccccc1Cl)c1nnc(SCC(=O)Nc2nc(-c3ccccc3)cs2)n1C. The molecule has 0 aliphatic rings. The van der Waals surface area contributed by atoms with E-state index in [0.29, 0.717) is 26.9 Å². The molecule has 0 spiro atoms. The lowest BCUT2D eigenvalue weighted by molar-refractivity contribution is -0.113. The number of benzene rings is 2. The number of para-hydroxylation sites is 1. The molecule has 32 heavy (non-hydrogen) atoms. The molecule has 164 valence electrons. The maximum Gasteiger partial charge on any atom is 0.236 e. The minimum Gasteiger partial charge on any atom is -0.481 e. The number of nitrogens with zero attached hydrogens (tertiary/aromatic N) is 4. The van der Waals surface area contributed by atoms with Crippen LogP contribution in [-0.4, -0.2) is 31.4 Å². The summed E-state index contributed by atoms with van der Waals surface area (Å²) in [4.78, 5) is 16.9. The molecule has 4 rings (SSSR count). The van der Waals surface area contributed by atoms with Crippen LogP contribution >= 0.6 is 34.7 Å². The average Bonchev–Trinajstić information content (AvgIpc) is 3.41. The summed E-state index contributed by atoms with van der Waals surface area (Å²) < 4.78 is 7.73. The van der Waals surface area contributed by atoms with Gasteiger partial charge >= 0.3 is 0 Å². The molecule has 2 aromatic carbocycles. The number of aromatic nitrogens is 4. The maximum atomic E-state index is 12.4. The first kappa shape index (κ1) is 22.3. The molecule has 0 saturated carbocycles. The highest BCUT2D eigenvalue weighted by Gasteiger charge is 2.19. The summed E-state index contributed by atoms with van der Waals surface area (Å²) in [5, 5.41) is 14.9. The molecule has 10 heteroatoms. The molecule has 2 heterocycles. The lowest BCUT2D eigenvalue weighted by Crippen LogP contribution is -2.14. The molecule has 1 atom stereocenters. The van der Waals surface area contributed by atoms with Crippen LogP contribution in [0, 0.1) is 0 Å². The standard InChI is InChI=1S/C22H20ClN5O2S2/c1-14(30-18-11-7-6-10-16(18)23)20-26-27-22(28(20)2)32-13-19(29)25-21-24-17(12-31-21)15-8-4-3-5-9-15/h3-12,14H,13H2,1-2H3,(H,24,25,29)/t14-/m1/s1. The Morgan fingerprint density at radius 2 is 1.94 bits per heavy atom. The van der Waals surface area contributed by atoms with Gasteiger partial charge in [-0.3, -0.25) is 4.79 Å². The van der Waals surface area contributed by atoms with Crippen LogP contribution in [0.2, 0.25) is 5.02 Å². The Bertz CT molecular complexity index is 1210. The van der Waals surface area contributed by atoms with Crippen LogP contribution in [0.3, 0.4) is 0 Å². The summed E-state index contributed by atoms with van der Waals surface area (Å²) in [5.74, 6) is 1.25. The molecule has 0 saturated heterocycles. The quantitative estimate of drug-likeness (QED) is 0.333. The number of amides is 1. The van der Waals surface area contributed by atoms with Crippen LogP contribution in [0.5, 0.6) is 5.75 Å². The van der Waals surface area contributed by atoms with Gasteiger partial charge in [-0.05, 0) is 19.1 Å². The number of ether oxygens (including phenoxy) is 1. The molecule has 0 fully saturated rings. The summed E-state index contributed by atoms with van der Waals surface area (Å²) in [6.07, 6.45) is -0.359. The van der Waals surface area contributed by atoms with E-state index in [1.54, 1.807) is 12.1 Å². The largest absolute Gasteiger partial charge is 0.481 e.